The van der Waals surface area contributed by atoms with E-state index in [2.05, 4.69) is 10.3 Å². The number of rotatable bonds is 4. The third-order valence-electron chi connectivity index (χ3n) is 3.52. The van der Waals surface area contributed by atoms with E-state index in [9.17, 15) is 4.79 Å². The predicted octanol–water partition coefficient (Wildman–Crippen LogP) is 4.51. The zero-order valence-corrected chi connectivity index (χ0v) is 13.1. The summed E-state index contributed by atoms with van der Waals surface area (Å²) in [5.41, 5.74) is 2.51. The molecule has 3 nitrogen and oxygen atoms in total. The minimum atomic E-state index is -0.385. The number of pyridine rings is 1. The number of nitrogens with one attached hydrogen (secondary N) is 1. The van der Waals surface area contributed by atoms with Gasteiger partial charge < -0.3 is 5.32 Å². The fraction of sp³-hybridized carbons (Fsp3) is 0.0526. The smallest absolute Gasteiger partial charge is 0.236 e. The Kier molecular flexibility index (Phi) is 4.69. The van der Waals surface area contributed by atoms with E-state index in [1.807, 2.05) is 60.7 Å². The maximum absolute atomic E-state index is 12.9. The van der Waals surface area contributed by atoms with Crippen LogP contribution in [0.4, 0.5) is 5.69 Å². The van der Waals surface area contributed by atoms with Crippen LogP contribution in [-0.4, -0.2) is 10.9 Å². The van der Waals surface area contributed by atoms with Crippen LogP contribution in [0.15, 0.2) is 79.0 Å². The average molecular weight is 323 g/mol. The van der Waals surface area contributed by atoms with Gasteiger partial charge in [0.25, 0.3) is 0 Å². The van der Waals surface area contributed by atoms with Crippen molar-refractivity contribution in [3.8, 4) is 0 Å². The summed E-state index contributed by atoms with van der Waals surface area (Å²) in [6.07, 6.45) is 1.57. The Morgan fingerprint density at radius 3 is 2.00 bits per heavy atom. The molecule has 4 heteroatoms. The van der Waals surface area contributed by atoms with Crippen LogP contribution >= 0.6 is 11.6 Å². The number of aromatic nitrogens is 1. The predicted molar refractivity (Wildman–Crippen MR) is 92.6 cm³/mol. The second-order valence-corrected chi connectivity index (χ2v) is 5.50. The van der Waals surface area contributed by atoms with Crippen molar-refractivity contribution in [3.63, 3.8) is 0 Å². The summed E-state index contributed by atoms with van der Waals surface area (Å²) in [5.74, 6) is -0.492. The molecule has 0 aliphatic carbocycles. The molecule has 0 spiro atoms. The highest BCUT2D eigenvalue weighted by atomic mass is 35.5. The Bertz CT molecular complexity index is 751. The van der Waals surface area contributed by atoms with Crippen LogP contribution in [0.2, 0.25) is 5.15 Å². The fourth-order valence-corrected chi connectivity index (χ4v) is 2.65. The molecule has 0 bridgehead atoms. The molecule has 1 N–H and O–H groups in total. The van der Waals surface area contributed by atoms with Gasteiger partial charge in [0.1, 0.15) is 5.15 Å². The third kappa shape index (κ3) is 3.76. The van der Waals surface area contributed by atoms with E-state index in [1.165, 1.54) is 0 Å². The molecule has 0 aliphatic heterocycles. The minimum absolute atomic E-state index is 0.107. The van der Waals surface area contributed by atoms with E-state index in [-0.39, 0.29) is 11.8 Å². The number of amides is 1. The first-order valence-corrected chi connectivity index (χ1v) is 7.64. The topological polar surface area (TPSA) is 42.0 Å². The van der Waals surface area contributed by atoms with E-state index in [0.29, 0.717) is 10.8 Å². The lowest BCUT2D eigenvalue weighted by atomic mass is 9.90. The van der Waals surface area contributed by atoms with Gasteiger partial charge in [-0.15, -0.1) is 0 Å². The lowest BCUT2D eigenvalue weighted by Gasteiger charge is -2.18. The Balaban J connectivity index is 1.94. The van der Waals surface area contributed by atoms with E-state index in [4.69, 9.17) is 11.6 Å². The monoisotopic (exact) mass is 322 g/mol. The van der Waals surface area contributed by atoms with Crippen LogP contribution in [0.25, 0.3) is 0 Å². The molecule has 0 fully saturated rings. The Labute approximate surface area is 140 Å². The van der Waals surface area contributed by atoms with Gasteiger partial charge >= 0.3 is 0 Å². The van der Waals surface area contributed by atoms with Crippen molar-refractivity contribution < 1.29 is 4.79 Å². The summed E-state index contributed by atoms with van der Waals surface area (Å²) in [5, 5.41) is 3.26. The summed E-state index contributed by atoms with van der Waals surface area (Å²) in [7, 11) is 0. The normalized spacial score (nSPS) is 10.5. The van der Waals surface area contributed by atoms with Gasteiger partial charge in [-0.2, -0.15) is 0 Å². The molecule has 23 heavy (non-hydrogen) atoms. The third-order valence-corrected chi connectivity index (χ3v) is 3.73. The zero-order chi connectivity index (χ0) is 16.1. The number of hydrogen-bond donors (Lipinski definition) is 1. The van der Waals surface area contributed by atoms with Gasteiger partial charge in [-0.1, -0.05) is 72.3 Å². The molecule has 0 saturated heterocycles. The van der Waals surface area contributed by atoms with Crippen LogP contribution in [0.3, 0.4) is 0 Å². The number of carbonyl (C=O) groups is 1. The molecule has 0 atom stereocenters. The van der Waals surface area contributed by atoms with Gasteiger partial charge in [0.15, 0.2) is 0 Å². The summed E-state index contributed by atoms with van der Waals surface area (Å²) in [4.78, 5) is 16.8. The van der Waals surface area contributed by atoms with Crippen LogP contribution in [-0.2, 0) is 4.79 Å². The SMILES string of the molecule is O=C(Nc1ccnc(Cl)c1)C(c1ccccc1)c1ccccc1. The second kappa shape index (κ2) is 7.07. The molecule has 1 aromatic heterocycles. The summed E-state index contributed by atoms with van der Waals surface area (Å²) >= 11 is 5.88. The first-order chi connectivity index (χ1) is 11.2. The lowest BCUT2D eigenvalue weighted by Crippen LogP contribution is -2.22. The van der Waals surface area contributed by atoms with Gasteiger partial charge in [-0.05, 0) is 23.3 Å². The first kappa shape index (κ1) is 15.3. The molecular formula is C19H15ClN2O. The van der Waals surface area contributed by atoms with Crippen molar-refractivity contribution in [2.24, 2.45) is 0 Å². The van der Waals surface area contributed by atoms with E-state index >= 15 is 0 Å². The largest absolute Gasteiger partial charge is 0.325 e. The average Bonchev–Trinajstić information content (AvgIpc) is 2.57. The molecule has 2 aromatic carbocycles. The number of hydrogen-bond acceptors (Lipinski definition) is 2. The summed E-state index contributed by atoms with van der Waals surface area (Å²) in [6.45, 7) is 0. The van der Waals surface area contributed by atoms with Gasteiger partial charge in [-0.3, -0.25) is 4.79 Å². The molecule has 3 aromatic rings. The summed E-state index contributed by atoms with van der Waals surface area (Å²) < 4.78 is 0. The molecule has 1 amide bonds. The van der Waals surface area contributed by atoms with Crippen LogP contribution < -0.4 is 5.32 Å². The quantitative estimate of drug-likeness (QED) is 0.718. The van der Waals surface area contributed by atoms with E-state index in [0.717, 1.165) is 11.1 Å². The number of benzene rings is 2. The van der Waals surface area contributed by atoms with Crippen molar-refractivity contribution in [2.75, 3.05) is 5.32 Å². The molecule has 0 radical (unpaired) electrons. The highest BCUT2D eigenvalue weighted by molar-refractivity contribution is 6.29. The molecule has 1 heterocycles. The van der Waals surface area contributed by atoms with Crippen molar-refractivity contribution >= 4 is 23.2 Å². The number of carbonyl (C=O) groups excluding carboxylic acids is 1. The maximum Gasteiger partial charge on any atom is 0.236 e. The molecule has 3 rings (SSSR count). The van der Waals surface area contributed by atoms with Gasteiger partial charge in [0, 0.05) is 11.9 Å². The number of nitrogens with zero attached hydrogens (tertiary/aromatic N) is 1. The van der Waals surface area contributed by atoms with Crippen LogP contribution in [0.5, 0.6) is 0 Å². The molecule has 0 aliphatic rings. The number of halogens is 1. The number of anilines is 1. The minimum Gasteiger partial charge on any atom is -0.325 e. The Morgan fingerprint density at radius 1 is 0.913 bits per heavy atom. The van der Waals surface area contributed by atoms with Crippen molar-refractivity contribution in [3.05, 3.63) is 95.3 Å². The lowest BCUT2D eigenvalue weighted by molar-refractivity contribution is -0.116. The molecule has 0 saturated carbocycles. The summed E-state index contributed by atoms with van der Waals surface area (Å²) in [6, 6.07) is 22.8. The molecular weight excluding hydrogens is 308 g/mol. The van der Waals surface area contributed by atoms with Gasteiger partial charge in [0.2, 0.25) is 5.91 Å². The van der Waals surface area contributed by atoms with Crippen molar-refractivity contribution in [1.82, 2.24) is 4.98 Å². The van der Waals surface area contributed by atoms with Crippen molar-refractivity contribution in [2.45, 2.75) is 5.92 Å². The molecule has 0 unspecified atom stereocenters. The van der Waals surface area contributed by atoms with Crippen LogP contribution in [0, 0.1) is 0 Å². The maximum atomic E-state index is 12.9. The van der Waals surface area contributed by atoms with Gasteiger partial charge in [-0.25, -0.2) is 4.98 Å². The standard InChI is InChI=1S/C19H15ClN2O/c20-17-13-16(11-12-21-17)22-19(23)18(14-7-3-1-4-8-14)15-9-5-2-6-10-15/h1-13,18H,(H,21,22,23). The Morgan fingerprint density at radius 2 is 1.48 bits per heavy atom. The first-order valence-electron chi connectivity index (χ1n) is 7.26. The second-order valence-electron chi connectivity index (χ2n) is 5.11. The Hall–Kier alpha value is -2.65. The highest BCUT2D eigenvalue weighted by Gasteiger charge is 2.22. The van der Waals surface area contributed by atoms with Crippen LogP contribution in [0.1, 0.15) is 17.0 Å². The zero-order valence-electron chi connectivity index (χ0n) is 12.3. The van der Waals surface area contributed by atoms with Crippen molar-refractivity contribution in [1.29, 1.82) is 0 Å². The fourth-order valence-electron chi connectivity index (χ4n) is 2.48. The van der Waals surface area contributed by atoms with E-state index < -0.39 is 0 Å². The highest BCUT2D eigenvalue weighted by Crippen LogP contribution is 2.26. The molecule has 114 valence electrons. The van der Waals surface area contributed by atoms with Gasteiger partial charge in [0.05, 0.1) is 5.92 Å². The van der Waals surface area contributed by atoms with E-state index in [1.54, 1.807) is 18.3 Å².